The number of benzene rings is 3. The standard InChI is InChI=1S/C34H40FN5O5/c1-45-31-4-2-3-24(19-31)22-38(21-23-5-15-29(16-6-23)40(43)44)30-17-18-39(34(42)25-7-9-26(35)10-8-25)32(20-30)33(41)37-28-13-11-27(36)12-14-28/h2-10,15-16,19,27-28,30,32H,11-14,17-18,20-22,36H2,1H3,(H,37,41)/t27?,28?,30?,32-/m1/s1. The lowest BCUT2D eigenvalue weighted by Crippen LogP contribution is -2.58. The predicted octanol–water partition coefficient (Wildman–Crippen LogP) is 4.80. The van der Waals surface area contributed by atoms with E-state index >= 15 is 0 Å². The highest BCUT2D eigenvalue weighted by Crippen LogP contribution is 2.29. The quantitative estimate of drug-likeness (QED) is 0.247. The Bertz CT molecular complexity index is 1480. The number of hydrogen-bond acceptors (Lipinski definition) is 7. The maximum absolute atomic E-state index is 13.9. The van der Waals surface area contributed by atoms with Gasteiger partial charge in [-0.05, 0) is 86.1 Å². The van der Waals surface area contributed by atoms with E-state index in [1.54, 1.807) is 24.1 Å². The van der Waals surface area contributed by atoms with Crippen LogP contribution in [0.5, 0.6) is 5.75 Å². The molecule has 0 radical (unpaired) electrons. The molecular formula is C34H40FN5O5. The number of ether oxygens (including phenoxy) is 1. The molecule has 0 bridgehead atoms. The molecule has 45 heavy (non-hydrogen) atoms. The van der Waals surface area contributed by atoms with Gasteiger partial charge in [0.15, 0.2) is 0 Å². The van der Waals surface area contributed by atoms with Crippen molar-refractivity contribution < 1.29 is 23.6 Å². The van der Waals surface area contributed by atoms with Crippen LogP contribution in [0.25, 0.3) is 0 Å². The van der Waals surface area contributed by atoms with Crippen LogP contribution in [0.3, 0.4) is 0 Å². The molecule has 1 aliphatic carbocycles. The van der Waals surface area contributed by atoms with Gasteiger partial charge >= 0.3 is 0 Å². The van der Waals surface area contributed by atoms with Crippen molar-refractivity contribution in [2.75, 3.05) is 13.7 Å². The molecule has 0 aromatic heterocycles. The number of carbonyl (C=O) groups is 2. The van der Waals surface area contributed by atoms with Crippen LogP contribution in [0.4, 0.5) is 10.1 Å². The van der Waals surface area contributed by atoms with Gasteiger partial charge in [0.1, 0.15) is 17.6 Å². The van der Waals surface area contributed by atoms with Crippen molar-refractivity contribution in [2.45, 2.75) is 75.8 Å². The Balaban J connectivity index is 1.42. The van der Waals surface area contributed by atoms with E-state index in [4.69, 9.17) is 10.5 Å². The third-order valence-electron chi connectivity index (χ3n) is 8.92. The maximum Gasteiger partial charge on any atom is 0.269 e. The number of carbonyl (C=O) groups excluding carboxylic acids is 2. The Morgan fingerprint density at radius 3 is 2.36 bits per heavy atom. The number of nitro groups is 1. The number of piperidine rings is 1. The molecule has 1 unspecified atom stereocenters. The minimum absolute atomic E-state index is 0.00607. The van der Waals surface area contributed by atoms with E-state index in [9.17, 15) is 24.1 Å². The van der Waals surface area contributed by atoms with Gasteiger partial charge in [-0.2, -0.15) is 0 Å². The summed E-state index contributed by atoms with van der Waals surface area (Å²) in [4.78, 5) is 42.3. The highest BCUT2D eigenvalue weighted by Gasteiger charge is 2.39. The number of halogens is 1. The molecule has 0 spiro atoms. The van der Waals surface area contributed by atoms with Crippen LogP contribution in [-0.4, -0.2) is 64.4 Å². The molecule has 10 nitrogen and oxygen atoms in total. The molecule has 1 heterocycles. The van der Waals surface area contributed by atoms with Gasteiger partial charge in [0.25, 0.3) is 11.6 Å². The average molecular weight is 618 g/mol. The van der Waals surface area contributed by atoms with E-state index in [1.807, 2.05) is 24.3 Å². The second-order valence-electron chi connectivity index (χ2n) is 12.0. The van der Waals surface area contributed by atoms with Crippen molar-refractivity contribution in [3.8, 4) is 5.75 Å². The van der Waals surface area contributed by atoms with Crippen molar-refractivity contribution in [3.63, 3.8) is 0 Å². The SMILES string of the molecule is COc1cccc(CN(Cc2ccc([N+](=O)[O-])cc2)C2CCN(C(=O)c3ccc(F)cc3)[C@@H](C(=O)NC3CCC(N)CC3)C2)c1. The van der Waals surface area contributed by atoms with Gasteiger partial charge in [-0.1, -0.05) is 24.3 Å². The molecule has 2 fully saturated rings. The van der Waals surface area contributed by atoms with Crippen LogP contribution < -0.4 is 15.8 Å². The van der Waals surface area contributed by atoms with Crippen LogP contribution >= 0.6 is 0 Å². The summed E-state index contributed by atoms with van der Waals surface area (Å²) in [5, 5.41) is 14.4. The fraction of sp³-hybridized carbons (Fsp3) is 0.412. The smallest absolute Gasteiger partial charge is 0.269 e. The lowest BCUT2D eigenvalue weighted by Gasteiger charge is -2.43. The molecule has 2 atom stereocenters. The van der Waals surface area contributed by atoms with E-state index in [0.717, 1.165) is 42.6 Å². The third kappa shape index (κ3) is 8.23. The van der Waals surface area contributed by atoms with Crippen molar-refractivity contribution in [1.82, 2.24) is 15.1 Å². The molecule has 3 aromatic rings. The summed E-state index contributed by atoms with van der Waals surface area (Å²) < 4.78 is 19.1. The van der Waals surface area contributed by atoms with Gasteiger partial charge in [0.05, 0.1) is 12.0 Å². The number of methoxy groups -OCH3 is 1. The number of nitro benzene ring substituents is 1. The summed E-state index contributed by atoms with van der Waals surface area (Å²) in [6, 6.07) is 19.0. The first-order valence-corrected chi connectivity index (χ1v) is 15.4. The maximum atomic E-state index is 13.9. The van der Waals surface area contributed by atoms with Crippen LogP contribution in [0, 0.1) is 15.9 Å². The number of nitrogens with two attached hydrogens (primary N) is 1. The van der Waals surface area contributed by atoms with Crippen molar-refractivity contribution in [1.29, 1.82) is 0 Å². The summed E-state index contributed by atoms with van der Waals surface area (Å²) in [6.07, 6.45) is 4.24. The molecule has 11 heteroatoms. The Labute approximate surface area is 262 Å². The molecule has 2 aliphatic rings. The first-order valence-electron chi connectivity index (χ1n) is 15.4. The van der Waals surface area contributed by atoms with Gasteiger partial charge in [-0.25, -0.2) is 4.39 Å². The zero-order valence-electron chi connectivity index (χ0n) is 25.4. The van der Waals surface area contributed by atoms with E-state index in [2.05, 4.69) is 10.2 Å². The fourth-order valence-electron chi connectivity index (χ4n) is 6.37. The van der Waals surface area contributed by atoms with Crippen molar-refractivity contribution in [3.05, 3.63) is 105 Å². The average Bonchev–Trinajstić information content (AvgIpc) is 3.05. The highest BCUT2D eigenvalue weighted by molar-refractivity contribution is 5.97. The van der Waals surface area contributed by atoms with Gasteiger partial charge in [0.2, 0.25) is 5.91 Å². The van der Waals surface area contributed by atoms with Crippen LogP contribution in [0.15, 0.2) is 72.8 Å². The summed E-state index contributed by atoms with van der Waals surface area (Å²) in [6.45, 7) is 1.36. The Morgan fingerprint density at radius 1 is 1.00 bits per heavy atom. The molecule has 2 amide bonds. The van der Waals surface area contributed by atoms with Gasteiger partial charge in [-0.15, -0.1) is 0 Å². The number of nitrogens with one attached hydrogen (secondary N) is 1. The Kier molecular flexibility index (Phi) is 10.4. The molecule has 1 saturated heterocycles. The lowest BCUT2D eigenvalue weighted by molar-refractivity contribution is -0.384. The van der Waals surface area contributed by atoms with E-state index in [-0.39, 0.29) is 35.6 Å². The first kappa shape index (κ1) is 32.1. The molecule has 1 aliphatic heterocycles. The Morgan fingerprint density at radius 2 is 1.69 bits per heavy atom. The second-order valence-corrected chi connectivity index (χ2v) is 12.0. The summed E-state index contributed by atoms with van der Waals surface area (Å²) >= 11 is 0. The third-order valence-corrected chi connectivity index (χ3v) is 8.92. The van der Waals surface area contributed by atoms with Gasteiger partial charge in [-0.3, -0.25) is 24.6 Å². The monoisotopic (exact) mass is 617 g/mol. The summed E-state index contributed by atoms with van der Waals surface area (Å²) in [5.41, 5.74) is 8.35. The number of hydrogen-bond donors (Lipinski definition) is 2. The van der Waals surface area contributed by atoms with Crippen LogP contribution in [0.2, 0.25) is 0 Å². The fourth-order valence-corrected chi connectivity index (χ4v) is 6.37. The first-order chi connectivity index (χ1) is 21.7. The molecular weight excluding hydrogens is 577 g/mol. The lowest BCUT2D eigenvalue weighted by atomic mass is 9.90. The van der Waals surface area contributed by atoms with Gasteiger partial charge < -0.3 is 20.7 Å². The van der Waals surface area contributed by atoms with E-state index in [0.29, 0.717) is 38.0 Å². The van der Waals surface area contributed by atoms with Crippen molar-refractivity contribution in [2.24, 2.45) is 5.73 Å². The Hall–Kier alpha value is -4.35. The number of likely N-dealkylation sites (tertiary alicyclic amines) is 1. The molecule has 1 saturated carbocycles. The second kappa shape index (κ2) is 14.6. The number of non-ortho nitro benzene ring substituents is 1. The summed E-state index contributed by atoms with van der Waals surface area (Å²) in [5.74, 6) is -0.220. The largest absolute Gasteiger partial charge is 0.497 e. The number of rotatable bonds is 10. The summed E-state index contributed by atoms with van der Waals surface area (Å²) in [7, 11) is 1.62. The van der Waals surface area contributed by atoms with Crippen LogP contribution in [0.1, 0.15) is 60.0 Å². The minimum Gasteiger partial charge on any atom is -0.497 e. The molecule has 3 N–H and O–H groups in total. The topological polar surface area (TPSA) is 131 Å². The predicted molar refractivity (Wildman–Crippen MR) is 168 cm³/mol. The van der Waals surface area contributed by atoms with E-state index < -0.39 is 16.8 Å². The zero-order valence-corrected chi connectivity index (χ0v) is 25.4. The molecule has 5 rings (SSSR count). The van der Waals surface area contributed by atoms with Gasteiger partial charge in [0, 0.05) is 55.5 Å². The molecule has 238 valence electrons. The normalized spacial score (nSPS) is 21.7. The number of nitrogens with zero attached hydrogens (tertiary/aromatic N) is 3. The van der Waals surface area contributed by atoms with E-state index in [1.165, 1.54) is 36.4 Å². The van der Waals surface area contributed by atoms with Crippen molar-refractivity contribution >= 4 is 17.5 Å². The number of amides is 2. The zero-order chi connectivity index (χ0) is 31.9. The minimum atomic E-state index is -0.735. The molecule has 3 aromatic carbocycles. The van der Waals surface area contributed by atoms with Crippen LogP contribution in [-0.2, 0) is 17.9 Å². The highest BCUT2D eigenvalue weighted by atomic mass is 19.1.